The van der Waals surface area contributed by atoms with Gasteiger partial charge in [-0.1, -0.05) is 58.0 Å². The van der Waals surface area contributed by atoms with Crippen molar-refractivity contribution in [2.45, 2.75) is 59.4 Å². The van der Waals surface area contributed by atoms with E-state index in [1.165, 1.54) is 0 Å². The van der Waals surface area contributed by atoms with E-state index in [1.807, 2.05) is 44.3 Å². The van der Waals surface area contributed by atoms with Gasteiger partial charge in [0.15, 0.2) is 5.11 Å². The van der Waals surface area contributed by atoms with Crippen molar-refractivity contribution in [2.24, 2.45) is 0 Å². The van der Waals surface area contributed by atoms with Crippen molar-refractivity contribution < 1.29 is 14.3 Å². The molecule has 2 aromatic carbocycles. The van der Waals surface area contributed by atoms with Crippen LogP contribution in [0.4, 0.5) is 16.2 Å². The first kappa shape index (κ1) is 27.2. The summed E-state index contributed by atoms with van der Waals surface area (Å²) in [5, 5.41) is 9.74. The quantitative estimate of drug-likeness (QED) is 0.302. The maximum atomic E-state index is 12.9. The van der Waals surface area contributed by atoms with Crippen LogP contribution >= 0.6 is 12.2 Å². The molecule has 0 aromatic heterocycles. The van der Waals surface area contributed by atoms with Gasteiger partial charge in [0.1, 0.15) is 0 Å². The summed E-state index contributed by atoms with van der Waals surface area (Å²) >= 11 is 5.45. The van der Waals surface area contributed by atoms with Crippen molar-refractivity contribution in [3.63, 3.8) is 0 Å². The second-order valence-corrected chi connectivity index (χ2v) is 9.87. The first-order valence-corrected chi connectivity index (χ1v) is 12.7. The number of hydrogen-bond donors (Lipinski definition) is 3. The van der Waals surface area contributed by atoms with Gasteiger partial charge >= 0.3 is 12.0 Å². The molecule has 1 atom stereocenters. The molecule has 3 rings (SSSR count). The first-order chi connectivity index (χ1) is 17.0. The molecule has 8 heteroatoms. The molecule has 2 amide bonds. The zero-order chi connectivity index (χ0) is 26.6. The minimum atomic E-state index is -0.442. The molecule has 1 aliphatic rings. The standard InChI is InChI=1S/C28H36N4O3S/c1-8-35-26(33)23-18(6)32(7)28(36)31-24(23)19-12-14-20(15-13-19)29-27(34)30-25-21(16(2)3)10-9-11-22(25)17(4)5/h9-17,24H,8H2,1-7H3,(H,31,36)(H2,29,30,34). The molecule has 0 saturated carbocycles. The number of anilines is 2. The molecule has 1 heterocycles. The van der Waals surface area contributed by atoms with Crippen molar-refractivity contribution in [1.29, 1.82) is 0 Å². The number of nitrogens with zero attached hydrogens (tertiary/aromatic N) is 1. The highest BCUT2D eigenvalue weighted by Crippen LogP contribution is 2.33. The zero-order valence-corrected chi connectivity index (χ0v) is 22.9. The van der Waals surface area contributed by atoms with Crippen LogP contribution in [0.5, 0.6) is 0 Å². The lowest BCUT2D eigenvalue weighted by molar-refractivity contribution is -0.139. The Morgan fingerprint density at radius 2 is 1.61 bits per heavy atom. The van der Waals surface area contributed by atoms with Crippen molar-refractivity contribution in [1.82, 2.24) is 10.2 Å². The molecule has 0 bridgehead atoms. The van der Waals surface area contributed by atoms with E-state index in [0.29, 0.717) is 16.4 Å². The summed E-state index contributed by atoms with van der Waals surface area (Å²) in [7, 11) is 1.81. The molecular weight excluding hydrogens is 472 g/mol. The van der Waals surface area contributed by atoms with Gasteiger partial charge in [-0.15, -0.1) is 0 Å². The number of esters is 1. The second kappa shape index (κ2) is 11.6. The van der Waals surface area contributed by atoms with Crippen LogP contribution in [0.2, 0.25) is 0 Å². The smallest absolute Gasteiger partial charge is 0.338 e. The van der Waals surface area contributed by atoms with Crippen LogP contribution < -0.4 is 16.0 Å². The number of para-hydroxylation sites is 1. The fraction of sp³-hybridized carbons (Fsp3) is 0.393. The normalized spacial score (nSPS) is 15.8. The molecule has 7 nitrogen and oxygen atoms in total. The van der Waals surface area contributed by atoms with E-state index in [9.17, 15) is 9.59 Å². The van der Waals surface area contributed by atoms with Crippen molar-refractivity contribution in [3.05, 3.63) is 70.4 Å². The number of amides is 2. The molecule has 0 saturated heterocycles. The number of rotatable bonds is 7. The topological polar surface area (TPSA) is 82.7 Å². The molecule has 2 aromatic rings. The van der Waals surface area contributed by atoms with Gasteiger partial charge in [-0.05, 0) is 66.7 Å². The third-order valence-corrected chi connectivity index (χ3v) is 6.75. The summed E-state index contributed by atoms with van der Waals surface area (Å²) in [4.78, 5) is 27.4. The number of allylic oxidation sites excluding steroid dienone is 1. The van der Waals surface area contributed by atoms with E-state index in [0.717, 1.165) is 28.1 Å². The summed E-state index contributed by atoms with van der Waals surface area (Å²) in [6.45, 7) is 12.4. The van der Waals surface area contributed by atoms with Gasteiger partial charge in [-0.3, -0.25) is 0 Å². The Labute approximate surface area is 219 Å². The van der Waals surface area contributed by atoms with Crippen LogP contribution in [-0.4, -0.2) is 35.7 Å². The fourth-order valence-electron chi connectivity index (χ4n) is 4.29. The number of urea groups is 1. The molecule has 1 aliphatic heterocycles. The van der Waals surface area contributed by atoms with E-state index in [-0.39, 0.29) is 30.4 Å². The van der Waals surface area contributed by atoms with Gasteiger partial charge in [-0.25, -0.2) is 9.59 Å². The molecule has 192 valence electrons. The molecule has 0 radical (unpaired) electrons. The Hall–Kier alpha value is -3.39. The predicted molar refractivity (Wildman–Crippen MR) is 149 cm³/mol. The number of carbonyl (C=O) groups excluding carboxylic acids is 2. The molecule has 0 fully saturated rings. The van der Waals surface area contributed by atoms with Gasteiger partial charge in [-0.2, -0.15) is 0 Å². The summed E-state index contributed by atoms with van der Waals surface area (Å²) in [6.07, 6.45) is 0. The molecule has 1 unspecified atom stereocenters. The SMILES string of the molecule is CCOC(=O)C1=C(C)N(C)C(=S)NC1c1ccc(NC(=O)Nc2c(C(C)C)cccc2C(C)C)cc1. The Morgan fingerprint density at radius 1 is 1.03 bits per heavy atom. The first-order valence-electron chi connectivity index (χ1n) is 12.3. The van der Waals surface area contributed by atoms with Crippen molar-refractivity contribution in [2.75, 3.05) is 24.3 Å². The summed E-state index contributed by atoms with van der Waals surface area (Å²) in [5.74, 6) is 0.168. The maximum absolute atomic E-state index is 12.9. The lowest BCUT2D eigenvalue weighted by atomic mass is 9.93. The maximum Gasteiger partial charge on any atom is 0.338 e. The van der Waals surface area contributed by atoms with Crippen LogP contribution in [0.3, 0.4) is 0 Å². The van der Waals surface area contributed by atoms with Crippen LogP contribution in [0.25, 0.3) is 0 Å². The van der Waals surface area contributed by atoms with Crippen molar-refractivity contribution in [3.8, 4) is 0 Å². The monoisotopic (exact) mass is 508 g/mol. The molecule has 3 N–H and O–H groups in total. The Kier molecular flexibility index (Phi) is 8.74. The van der Waals surface area contributed by atoms with E-state index in [1.54, 1.807) is 11.8 Å². The average Bonchev–Trinajstić information content (AvgIpc) is 2.82. The highest BCUT2D eigenvalue weighted by atomic mass is 32.1. The minimum absolute atomic E-state index is 0.275. The fourth-order valence-corrected chi connectivity index (χ4v) is 4.54. The van der Waals surface area contributed by atoms with Gasteiger partial charge in [0.2, 0.25) is 0 Å². The Morgan fingerprint density at radius 3 is 2.14 bits per heavy atom. The number of benzene rings is 2. The van der Waals surface area contributed by atoms with E-state index < -0.39 is 6.04 Å². The predicted octanol–water partition coefficient (Wildman–Crippen LogP) is 6.28. The van der Waals surface area contributed by atoms with Crippen LogP contribution in [0, 0.1) is 0 Å². The van der Waals surface area contributed by atoms with Gasteiger partial charge in [0, 0.05) is 24.1 Å². The summed E-state index contributed by atoms with van der Waals surface area (Å²) in [5.41, 5.74) is 5.80. The Balaban J connectivity index is 1.82. The number of carbonyl (C=O) groups is 2. The van der Waals surface area contributed by atoms with Crippen LogP contribution in [0.1, 0.15) is 76.1 Å². The lowest BCUT2D eigenvalue weighted by Crippen LogP contribution is -2.46. The largest absolute Gasteiger partial charge is 0.463 e. The van der Waals surface area contributed by atoms with E-state index >= 15 is 0 Å². The molecule has 36 heavy (non-hydrogen) atoms. The highest BCUT2D eigenvalue weighted by molar-refractivity contribution is 7.80. The van der Waals surface area contributed by atoms with Crippen LogP contribution in [0.15, 0.2) is 53.7 Å². The van der Waals surface area contributed by atoms with Crippen LogP contribution in [-0.2, 0) is 9.53 Å². The molecule has 0 spiro atoms. The van der Waals surface area contributed by atoms with Gasteiger partial charge in [0.25, 0.3) is 0 Å². The van der Waals surface area contributed by atoms with Gasteiger partial charge in [0.05, 0.1) is 18.2 Å². The molecular formula is C28H36N4O3S. The average molecular weight is 509 g/mol. The summed E-state index contributed by atoms with van der Waals surface area (Å²) in [6, 6.07) is 12.8. The molecule has 0 aliphatic carbocycles. The zero-order valence-electron chi connectivity index (χ0n) is 22.1. The number of nitrogens with one attached hydrogen (secondary N) is 3. The van der Waals surface area contributed by atoms with E-state index in [2.05, 4.69) is 55.8 Å². The lowest BCUT2D eigenvalue weighted by Gasteiger charge is -2.35. The number of hydrogen-bond acceptors (Lipinski definition) is 4. The third kappa shape index (κ3) is 5.87. The third-order valence-electron chi connectivity index (χ3n) is 6.36. The van der Waals surface area contributed by atoms with Gasteiger partial charge < -0.3 is 25.6 Å². The Bertz CT molecular complexity index is 1150. The number of thiocarbonyl (C=S) groups is 1. The highest BCUT2D eigenvalue weighted by Gasteiger charge is 2.33. The minimum Gasteiger partial charge on any atom is -0.463 e. The number of ether oxygens (including phenoxy) is 1. The second-order valence-electron chi connectivity index (χ2n) is 9.48. The summed E-state index contributed by atoms with van der Waals surface area (Å²) < 4.78 is 5.30. The van der Waals surface area contributed by atoms with Crippen molar-refractivity contribution >= 4 is 40.7 Å². The van der Waals surface area contributed by atoms with E-state index in [4.69, 9.17) is 17.0 Å².